The standard InChI is InChI=1S/C11H18N2O/c1-5-7-10(11(14)12-4)8-9(3)13-6-2/h6-8H,5H2,1-4H3,(H,12,14)/b9-8-,10-7-,13-6?. The maximum atomic E-state index is 11.4. The number of nitrogens with one attached hydrogen (secondary N) is 1. The molecule has 0 radical (unpaired) electrons. The van der Waals surface area contributed by atoms with Gasteiger partial charge in [0.15, 0.2) is 0 Å². The number of hydrogen-bond donors (Lipinski definition) is 1. The maximum absolute atomic E-state index is 11.4. The summed E-state index contributed by atoms with van der Waals surface area (Å²) in [7, 11) is 1.62. The first-order chi connectivity index (χ1) is 6.65. The maximum Gasteiger partial charge on any atom is 0.250 e. The normalized spacial score (nSPS) is 13.4. The second kappa shape index (κ2) is 7.06. The van der Waals surface area contributed by atoms with Crippen LogP contribution in [0.15, 0.2) is 28.4 Å². The molecule has 0 aliphatic carbocycles. The fourth-order valence-electron chi connectivity index (χ4n) is 1.05. The molecular formula is C11H18N2O. The van der Waals surface area contributed by atoms with Gasteiger partial charge in [0.25, 0.3) is 5.91 Å². The summed E-state index contributed by atoms with van der Waals surface area (Å²) in [5.41, 5.74) is 1.49. The Morgan fingerprint density at radius 1 is 1.50 bits per heavy atom. The molecule has 0 aromatic heterocycles. The zero-order chi connectivity index (χ0) is 11.0. The molecule has 0 fully saturated rings. The molecular weight excluding hydrogens is 176 g/mol. The number of amides is 1. The van der Waals surface area contributed by atoms with Crippen molar-refractivity contribution in [2.75, 3.05) is 7.05 Å². The average molecular weight is 194 g/mol. The van der Waals surface area contributed by atoms with E-state index in [9.17, 15) is 4.79 Å². The molecule has 1 N–H and O–H groups in total. The van der Waals surface area contributed by atoms with Crippen LogP contribution in [-0.4, -0.2) is 19.2 Å². The Morgan fingerprint density at radius 2 is 2.14 bits per heavy atom. The van der Waals surface area contributed by atoms with Crippen LogP contribution in [0.2, 0.25) is 0 Å². The van der Waals surface area contributed by atoms with E-state index in [0.717, 1.165) is 12.1 Å². The Bertz CT molecular complexity index is 275. The number of hydrogen-bond acceptors (Lipinski definition) is 2. The lowest BCUT2D eigenvalue weighted by molar-refractivity contribution is -0.116. The smallest absolute Gasteiger partial charge is 0.250 e. The Kier molecular flexibility index (Phi) is 6.37. The van der Waals surface area contributed by atoms with Gasteiger partial charge in [-0.1, -0.05) is 13.0 Å². The van der Waals surface area contributed by atoms with Gasteiger partial charge in [0, 0.05) is 24.5 Å². The summed E-state index contributed by atoms with van der Waals surface area (Å²) in [6.07, 6.45) is 6.21. The monoisotopic (exact) mass is 194 g/mol. The third-order valence-corrected chi connectivity index (χ3v) is 1.61. The minimum Gasteiger partial charge on any atom is -0.355 e. The molecule has 0 rings (SSSR count). The lowest BCUT2D eigenvalue weighted by Crippen LogP contribution is -2.19. The highest BCUT2D eigenvalue weighted by molar-refractivity contribution is 5.96. The quantitative estimate of drug-likeness (QED) is 0.415. The van der Waals surface area contributed by atoms with Crippen molar-refractivity contribution in [1.29, 1.82) is 0 Å². The van der Waals surface area contributed by atoms with Gasteiger partial charge < -0.3 is 5.32 Å². The molecule has 0 saturated carbocycles. The summed E-state index contributed by atoms with van der Waals surface area (Å²) in [5.74, 6) is -0.0718. The van der Waals surface area contributed by atoms with Gasteiger partial charge in [0.2, 0.25) is 0 Å². The van der Waals surface area contributed by atoms with E-state index in [1.807, 2.05) is 26.8 Å². The molecule has 3 nitrogen and oxygen atoms in total. The van der Waals surface area contributed by atoms with Gasteiger partial charge in [-0.25, -0.2) is 0 Å². The summed E-state index contributed by atoms with van der Waals surface area (Å²) >= 11 is 0. The van der Waals surface area contributed by atoms with Crippen LogP contribution in [0, 0.1) is 0 Å². The molecule has 0 saturated heterocycles. The molecule has 0 heterocycles. The van der Waals surface area contributed by atoms with Crippen LogP contribution < -0.4 is 5.32 Å². The van der Waals surface area contributed by atoms with Crippen LogP contribution in [0.5, 0.6) is 0 Å². The predicted molar refractivity (Wildman–Crippen MR) is 60.4 cm³/mol. The van der Waals surface area contributed by atoms with E-state index in [2.05, 4.69) is 10.3 Å². The van der Waals surface area contributed by atoms with E-state index < -0.39 is 0 Å². The van der Waals surface area contributed by atoms with E-state index in [4.69, 9.17) is 0 Å². The number of nitrogens with zero attached hydrogens (tertiary/aromatic N) is 1. The highest BCUT2D eigenvalue weighted by atomic mass is 16.1. The van der Waals surface area contributed by atoms with Crippen molar-refractivity contribution >= 4 is 12.1 Å². The van der Waals surface area contributed by atoms with E-state index in [1.54, 1.807) is 19.3 Å². The highest BCUT2D eigenvalue weighted by Crippen LogP contribution is 2.04. The molecule has 0 aliphatic heterocycles. The van der Waals surface area contributed by atoms with Crippen molar-refractivity contribution in [3.05, 3.63) is 23.4 Å². The van der Waals surface area contributed by atoms with Gasteiger partial charge in [-0.15, -0.1) is 0 Å². The van der Waals surface area contributed by atoms with Crippen molar-refractivity contribution < 1.29 is 4.79 Å². The van der Waals surface area contributed by atoms with Crippen LogP contribution in [-0.2, 0) is 4.79 Å². The van der Waals surface area contributed by atoms with Crippen LogP contribution >= 0.6 is 0 Å². The molecule has 0 unspecified atom stereocenters. The topological polar surface area (TPSA) is 41.5 Å². The molecule has 0 atom stereocenters. The minimum absolute atomic E-state index is 0.0718. The molecule has 0 bridgehead atoms. The van der Waals surface area contributed by atoms with Crippen molar-refractivity contribution in [1.82, 2.24) is 5.32 Å². The second-order valence-electron chi connectivity index (χ2n) is 2.82. The van der Waals surface area contributed by atoms with E-state index >= 15 is 0 Å². The molecule has 0 aromatic rings. The molecule has 78 valence electrons. The zero-order valence-electron chi connectivity index (χ0n) is 9.29. The third kappa shape index (κ3) is 4.60. The summed E-state index contributed by atoms with van der Waals surface area (Å²) in [6, 6.07) is 0. The van der Waals surface area contributed by atoms with Crippen molar-refractivity contribution in [3.8, 4) is 0 Å². The Balaban J connectivity index is 4.78. The summed E-state index contributed by atoms with van der Waals surface area (Å²) in [4.78, 5) is 15.4. The summed E-state index contributed by atoms with van der Waals surface area (Å²) in [6.45, 7) is 5.71. The first kappa shape index (κ1) is 12.6. The summed E-state index contributed by atoms with van der Waals surface area (Å²) in [5, 5.41) is 2.59. The zero-order valence-corrected chi connectivity index (χ0v) is 9.29. The fraction of sp³-hybridized carbons (Fsp3) is 0.455. The van der Waals surface area contributed by atoms with Gasteiger partial charge in [-0.2, -0.15) is 0 Å². The van der Waals surface area contributed by atoms with E-state index in [1.165, 1.54) is 0 Å². The number of likely N-dealkylation sites (N-methyl/N-ethyl adjacent to an activating group) is 1. The molecule has 3 heteroatoms. The Morgan fingerprint density at radius 3 is 2.57 bits per heavy atom. The molecule has 0 spiro atoms. The predicted octanol–water partition coefficient (Wildman–Crippen LogP) is 2.06. The van der Waals surface area contributed by atoms with Crippen LogP contribution in [0.25, 0.3) is 0 Å². The number of carbonyl (C=O) groups excluding carboxylic acids is 1. The first-order valence-electron chi connectivity index (χ1n) is 4.74. The van der Waals surface area contributed by atoms with E-state index in [0.29, 0.717) is 5.57 Å². The minimum atomic E-state index is -0.0718. The van der Waals surface area contributed by atoms with Crippen molar-refractivity contribution in [2.45, 2.75) is 27.2 Å². The number of aliphatic imine (C=N–C) groups is 1. The lowest BCUT2D eigenvalue weighted by atomic mass is 10.2. The fourth-order valence-corrected chi connectivity index (χ4v) is 1.05. The summed E-state index contributed by atoms with van der Waals surface area (Å²) < 4.78 is 0. The van der Waals surface area contributed by atoms with Crippen molar-refractivity contribution in [3.63, 3.8) is 0 Å². The lowest BCUT2D eigenvalue weighted by Gasteiger charge is -2.00. The highest BCUT2D eigenvalue weighted by Gasteiger charge is 2.02. The van der Waals surface area contributed by atoms with Gasteiger partial charge >= 0.3 is 0 Å². The van der Waals surface area contributed by atoms with Crippen molar-refractivity contribution in [2.24, 2.45) is 4.99 Å². The number of allylic oxidation sites excluding steroid dienone is 2. The van der Waals surface area contributed by atoms with Gasteiger partial charge in [-0.05, 0) is 26.3 Å². The third-order valence-electron chi connectivity index (χ3n) is 1.61. The van der Waals surface area contributed by atoms with E-state index in [-0.39, 0.29) is 5.91 Å². The SMILES string of the molecule is CC=N/C(C)=C\C(=C\CC)C(=O)NC. The molecule has 14 heavy (non-hydrogen) atoms. The van der Waals surface area contributed by atoms with Gasteiger partial charge in [0.1, 0.15) is 0 Å². The molecule has 0 aromatic carbocycles. The van der Waals surface area contributed by atoms with Crippen LogP contribution in [0.3, 0.4) is 0 Å². The molecule has 0 aliphatic rings. The van der Waals surface area contributed by atoms with Crippen LogP contribution in [0.4, 0.5) is 0 Å². The number of rotatable bonds is 4. The van der Waals surface area contributed by atoms with Crippen LogP contribution in [0.1, 0.15) is 27.2 Å². The first-order valence-corrected chi connectivity index (χ1v) is 4.74. The van der Waals surface area contributed by atoms with Gasteiger partial charge in [0.05, 0.1) is 0 Å². The second-order valence-corrected chi connectivity index (χ2v) is 2.82. The molecule has 1 amide bonds. The average Bonchev–Trinajstić information content (AvgIpc) is 2.16. The number of carbonyl (C=O) groups is 1. The Hall–Kier alpha value is -1.38. The Labute approximate surface area is 85.6 Å². The van der Waals surface area contributed by atoms with Gasteiger partial charge in [-0.3, -0.25) is 9.79 Å². The largest absolute Gasteiger partial charge is 0.355 e.